The number of rotatable bonds is 3. The molecule has 1 aliphatic rings. The molecule has 0 saturated heterocycles. The van der Waals surface area contributed by atoms with Crippen LogP contribution in [0.5, 0.6) is 5.75 Å². The van der Waals surface area contributed by atoms with Crippen LogP contribution in [0.3, 0.4) is 0 Å². The van der Waals surface area contributed by atoms with Gasteiger partial charge in [0.2, 0.25) is 0 Å². The fraction of sp³-hybridized carbons (Fsp3) is 0.647. The molecule has 1 aliphatic carbocycles. The van der Waals surface area contributed by atoms with E-state index in [4.69, 9.17) is 4.74 Å². The molecule has 1 aromatic rings. The van der Waals surface area contributed by atoms with Gasteiger partial charge in [0.15, 0.2) is 0 Å². The standard InChI is InChI=1S/C17H27NO/c1-16(2,3)17(4,5)19-13-8-9-14-12(11-13)7-10-15(14)18-6/h8-9,11,15,18H,7,10H2,1-6H3. The Labute approximate surface area is 117 Å². The summed E-state index contributed by atoms with van der Waals surface area (Å²) >= 11 is 0. The summed E-state index contributed by atoms with van der Waals surface area (Å²) in [7, 11) is 2.03. The fourth-order valence-electron chi connectivity index (χ4n) is 2.40. The second kappa shape index (κ2) is 4.82. The maximum absolute atomic E-state index is 6.24. The average molecular weight is 261 g/mol. The van der Waals surface area contributed by atoms with Crippen molar-refractivity contribution in [2.75, 3.05) is 7.05 Å². The monoisotopic (exact) mass is 261 g/mol. The van der Waals surface area contributed by atoms with Crippen molar-refractivity contribution in [2.24, 2.45) is 5.41 Å². The number of hydrogen-bond donors (Lipinski definition) is 1. The van der Waals surface area contributed by atoms with Gasteiger partial charge in [0, 0.05) is 11.5 Å². The molecule has 1 atom stereocenters. The minimum Gasteiger partial charge on any atom is -0.487 e. The van der Waals surface area contributed by atoms with Crippen LogP contribution < -0.4 is 10.1 Å². The van der Waals surface area contributed by atoms with Crippen molar-refractivity contribution in [3.05, 3.63) is 29.3 Å². The highest BCUT2D eigenvalue weighted by atomic mass is 16.5. The Hall–Kier alpha value is -1.02. The van der Waals surface area contributed by atoms with Crippen LogP contribution in [0.25, 0.3) is 0 Å². The molecule has 0 amide bonds. The van der Waals surface area contributed by atoms with Crippen LogP contribution in [0.15, 0.2) is 18.2 Å². The molecule has 19 heavy (non-hydrogen) atoms. The van der Waals surface area contributed by atoms with Crippen molar-refractivity contribution in [1.29, 1.82) is 0 Å². The molecule has 0 bridgehead atoms. The maximum Gasteiger partial charge on any atom is 0.120 e. The van der Waals surface area contributed by atoms with Crippen LogP contribution in [0.1, 0.15) is 58.2 Å². The highest BCUT2D eigenvalue weighted by Crippen LogP contribution is 2.37. The predicted molar refractivity (Wildman–Crippen MR) is 80.7 cm³/mol. The number of benzene rings is 1. The molecule has 0 fully saturated rings. The molecule has 2 nitrogen and oxygen atoms in total. The van der Waals surface area contributed by atoms with Gasteiger partial charge in [-0.05, 0) is 57.0 Å². The SMILES string of the molecule is CNC1CCc2cc(OC(C)(C)C(C)(C)C)ccc21. The van der Waals surface area contributed by atoms with Gasteiger partial charge in [0.25, 0.3) is 0 Å². The number of nitrogens with one attached hydrogen (secondary N) is 1. The summed E-state index contributed by atoms with van der Waals surface area (Å²) in [5.41, 5.74) is 2.80. The minimum atomic E-state index is -0.178. The van der Waals surface area contributed by atoms with Crippen LogP contribution in [0.2, 0.25) is 0 Å². The molecule has 0 aromatic heterocycles. The van der Waals surface area contributed by atoms with E-state index in [1.165, 1.54) is 17.5 Å². The van der Waals surface area contributed by atoms with E-state index < -0.39 is 0 Å². The lowest BCUT2D eigenvalue weighted by atomic mass is 9.79. The number of aryl methyl sites for hydroxylation is 1. The summed E-state index contributed by atoms with van der Waals surface area (Å²) in [4.78, 5) is 0. The van der Waals surface area contributed by atoms with Crippen molar-refractivity contribution < 1.29 is 4.74 Å². The second-order valence-corrected chi connectivity index (χ2v) is 7.10. The van der Waals surface area contributed by atoms with E-state index in [0.29, 0.717) is 6.04 Å². The van der Waals surface area contributed by atoms with Crippen molar-refractivity contribution in [3.8, 4) is 5.75 Å². The Bertz CT molecular complexity index is 457. The Morgan fingerprint density at radius 1 is 1.16 bits per heavy atom. The van der Waals surface area contributed by atoms with Crippen LogP contribution in [-0.4, -0.2) is 12.6 Å². The molecule has 0 spiro atoms. The molecule has 0 aliphatic heterocycles. The summed E-state index contributed by atoms with van der Waals surface area (Å²) in [6.45, 7) is 11.0. The molecular weight excluding hydrogens is 234 g/mol. The minimum absolute atomic E-state index is 0.111. The van der Waals surface area contributed by atoms with E-state index in [1.807, 2.05) is 7.05 Å². The third kappa shape index (κ3) is 2.79. The predicted octanol–water partition coefficient (Wildman–Crippen LogP) is 4.10. The van der Waals surface area contributed by atoms with Crippen molar-refractivity contribution in [1.82, 2.24) is 5.32 Å². The van der Waals surface area contributed by atoms with Gasteiger partial charge in [-0.1, -0.05) is 26.8 Å². The molecule has 2 rings (SSSR count). The molecule has 1 unspecified atom stereocenters. The average Bonchev–Trinajstić information content (AvgIpc) is 2.69. The second-order valence-electron chi connectivity index (χ2n) is 7.10. The zero-order valence-electron chi connectivity index (χ0n) is 13.1. The fourth-order valence-corrected chi connectivity index (χ4v) is 2.40. The van der Waals surface area contributed by atoms with Crippen LogP contribution in [0.4, 0.5) is 0 Å². The number of fused-ring (bicyclic) bond motifs is 1. The summed E-state index contributed by atoms with van der Waals surface area (Å²) < 4.78 is 6.24. The third-order valence-corrected chi connectivity index (χ3v) is 4.72. The van der Waals surface area contributed by atoms with Crippen LogP contribution in [-0.2, 0) is 6.42 Å². The van der Waals surface area contributed by atoms with Gasteiger partial charge >= 0.3 is 0 Å². The van der Waals surface area contributed by atoms with Gasteiger partial charge in [0.05, 0.1) is 0 Å². The Morgan fingerprint density at radius 2 is 1.84 bits per heavy atom. The summed E-state index contributed by atoms with van der Waals surface area (Å²) in [5.74, 6) is 0.996. The van der Waals surface area contributed by atoms with E-state index >= 15 is 0 Å². The molecule has 106 valence electrons. The van der Waals surface area contributed by atoms with Crippen LogP contribution >= 0.6 is 0 Å². The van der Waals surface area contributed by atoms with E-state index in [9.17, 15) is 0 Å². The van der Waals surface area contributed by atoms with Gasteiger partial charge in [-0.3, -0.25) is 0 Å². The van der Waals surface area contributed by atoms with Gasteiger partial charge in [0.1, 0.15) is 11.4 Å². The Kier molecular flexibility index (Phi) is 3.65. The van der Waals surface area contributed by atoms with E-state index in [1.54, 1.807) is 0 Å². The highest BCUT2D eigenvalue weighted by Gasteiger charge is 2.35. The smallest absolute Gasteiger partial charge is 0.120 e. The van der Waals surface area contributed by atoms with Gasteiger partial charge in [-0.2, -0.15) is 0 Å². The lowest BCUT2D eigenvalue weighted by Crippen LogP contribution is -2.42. The number of hydrogen-bond acceptors (Lipinski definition) is 2. The maximum atomic E-state index is 6.24. The topological polar surface area (TPSA) is 21.3 Å². The molecule has 0 saturated carbocycles. The molecule has 1 N–H and O–H groups in total. The zero-order valence-corrected chi connectivity index (χ0v) is 13.1. The third-order valence-electron chi connectivity index (χ3n) is 4.72. The molecule has 2 heteroatoms. The van der Waals surface area contributed by atoms with Crippen molar-refractivity contribution in [2.45, 2.75) is 59.1 Å². The summed E-state index contributed by atoms with van der Waals surface area (Å²) in [6, 6.07) is 7.07. The molecular formula is C17H27NO. The van der Waals surface area contributed by atoms with Gasteiger partial charge < -0.3 is 10.1 Å². The first-order valence-corrected chi connectivity index (χ1v) is 7.24. The first-order chi connectivity index (χ1) is 8.74. The lowest BCUT2D eigenvalue weighted by molar-refractivity contribution is 0.000757. The van der Waals surface area contributed by atoms with Gasteiger partial charge in [-0.25, -0.2) is 0 Å². The summed E-state index contributed by atoms with van der Waals surface area (Å²) in [6.07, 6.45) is 2.34. The number of ether oxygens (including phenoxy) is 1. The first-order valence-electron chi connectivity index (χ1n) is 7.24. The lowest BCUT2D eigenvalue weighted by Gasteiger charge is -2.39. The Balaban J connectivity index is 2.21. The van der Waals surface area contributed by atoms with Crippen molar-refractivity contribution >= 4 is 0 Å². The zero-order chi connectivity index (χ0) is 14.3. The largest absolute Gasteiger partial charge is 0.487 e. The quantitative estimate of drug-likeness (QED) is 0.884. The van der Waals surface area contributed by atoms with E-state index in [-0.39, 0.29) is 11.0 Å². The molecule has 1 aromatic carbocycles. The van der Waals surface area contributed by atoms with Crippen LogP contribution in [0, 0.1) is 5.41 Å². The van der Waals surface area contributed by atoms with E-state index in [0.717, 1.165) is 12.2 Å². The molecule has 0 heterocycles. The molecule has 0 radical (unpaired) electrons. The van der Waals surface area contributed by atoms with Crippen molar-refractivity contribution in [3.63, 3.8) is 0 Å². The van der Waals surface area contributed by atoms with E-state index in [2.05, 4.69) is 58.1 Å². The van der Waals surface area contributed by atoms with Gasteiger partial charge in [-0.15, -0.1) is 0 Å². The Morgan fingerprint density at radius 3 is 2.42 bits per heavy atom. The highest BCUT2D eigenvalue weighted by molar-refractivity contribution is 5.40. The summed E-state index contributed by atoms with van der Waals surface area (Å²) in [5, 5.41) is 3.37. The first kappa shape index (κ1) is 14.4. The normalized spacial score (nSPS) is 19.4.